The van der Waals surface area contributed by atoms with Crippen LogP contribution in [-0.4, -0.2) is 4.98 Å². The standard InChI is InChI=1S/C12H14N2S2/c13-11(10-6-3-7-15-10)12-14-8-4-1-2-5-9(8)16-12/h3,6-7,11H,1-2,4-5,13H2. The molecule has 4 heteroatoms. The molecule has 1 aliphatic carbocycles. The van der Waals surface area contributed by atoms with E-state index in [9.17, 15) is 0 Å². The molecule has 3 rings (SSSR count). The van der Waals surface area contributed by atoms with Crippen molar-refractivity contribution in [3.05, 3.63) is 38.0 Å². The average Bonchev–Trinajstić information content (AvgIpc) is 2.97. The second kappa shape index (κ2) is 4.28. The lowest BCUT2D eigenvalue weighted by atomic mass is 10.0. The summed E-state index contributed by atoms with van der Waals surface area (Å²) in [5.74, 6) is 0. The molecular weight excluding hydrogens is 236 g/mol. The number of aryl methyl sites for hydroxylation is 2. The molecule has 2 N–H and O–H groups in total. The summed E-state index contributed by atoms with van der Waals surface area (Å²) in [6, 6.07) is 4.12. The maximum Gasteiger partial charge on any atom is 0.115 e. The molecule has 0 bridgehead atoms. The van der Waals surface area contributed by atoms with Crippen LogP contribution in [0.25, 0.3) is 0 Å². The first-order valence-electron chi connectivity index (χ1n) is 5.62. The van der Waals surface area contributed by atoms with Gasteiger partial charge in [-0.3, -0.25) is 0 Å². The highest BCUT2D eigenvalue weighted by Gasteiger charge is 2.19. The van der Waals surface area contributed by atoms with Crippen molar-refractivity contribution in [3.63, 3.8) is 0 Å². The van der Waals surface area contributed by atoms with Gasteiger partial charge in [0, 0.05) is 9.75 Å². The molecule has 2 aromatic heterocycles. The lowest BCUT2D eigenvalue weighted by Gasteiger charge is -2.06. The highest BCUT2D eigenvalue weighted by atomic mass is 32.1. The Morgan fingerprint density at radius 3 is 2.94 bits per heavy atom. The van der Waals surface area contributed by atoms with E-state index < -0.39 is 0 Å². The van der Waals surface area contributed by atoms with Crippen LogP contribution in [-0.2, 0) is 12.8 Å². The number of thiophene rings is 1. The molecule has 0 saturated heterocycles. The highest BCUT2D eigenvalue weighted by molar-refractivity contribution is 7.12. The Hall–Kier alpha value is -0.710. The molecule has 2 heterocycles. The second-order valence-electron chi connectivity index (χ2n) is 4.12. The first kappa shape index (κ1) is 10.4. The monoisotopic (exact) mass is 250 g/mol. The summed E-state index contributed by atoms with van der Waals surface area (Å²) in [4.78, 5) is 7.39. The van der Waals surface area contributed by atoms with Crippen molar-refractivity contribution < 1.29 is 0 Å². The summed E-state index contributed by atoms with van der Waals surface area (Å²) in [7, 11) is 0. The van der Waals surface area contributed by atoms with Crippen LogP contribution in [0.2, 0.25) is 0 Å². The zero-order valence-electron chi connectivity index (χ0n) is 8.98. The molecular formula is C12H14N2S2. The van der Waals surface area contributed by atoms with E-state index in [1.807, 2.05) is 17.4 Å². The van der Waals surface area contributed by atoms with E-state index in [2.05, 4.69) is 11.4 Å². The van der Waals surface area contributed by atoms with Crippen molar-refractivity contribution in [2.24, 2.45) is 5.73 Å². The number of hydrogen-bond donors (Lipinski definition) is 1. The second-order valence-corrected chi connectivity index (χ2v) is 6.22. The van der Waals surface area contributed by atoms with Gasteiger partial charge in [0.25, 0.3) is 0 Å². The van der Waals surface area contributed by atoms with Crippen molar-refractivity contribution in [1.29, 1.82) is 0 Å². The molecule has 1 atom stereocenters. The maximum atomic E-state index is 6.23. The third kappa shape index (κ3) is 1.81. The van der Waals surface area contributed by atoms with Gasteiger partial charge in [-0.25, -0.2) is 4.98 Å². The van der Waals surface area contributed by atoms with Crippen LogP contribution in [0.4, 0.5) is 0 Å². The van der Waals surface area contributed by atoms with E-state index in [1.165, 1.54) is 34.7 Å². The Kier molecular flexibility index (Phi) is 2.79. The minimum absolute atomic E-state index is 0.0180. The first-order valence-corrected chi connectivity index (χ1v) is 7.31. The summed E-state index contributed by atoms with van der Waals surface area (Å²) >= 11 is 3.53. The van der Waals surface area contributed by atoms with Gasteiger partial charge in [0.2, 0.25) is 0 Å². The molecule has 1 aliphatic rings. The first-order chi connectivity index (χ1) is 7.84. The van der Waals surface area contributed by atoms with Crippen molar-refractivity contribution in [1.82, 2.24) is 4.98 Å². The van der Waals surface area contributed by atoms with Crippen LogP contribution in [0.1, 0.15) is 39.3 Å². The fourth-order valence-corrected chi connectivity index (χ4v) is 4.07. The predicted molar refractivity (Wildman–Crippen MR) is 69.1 cm³/mol. The summed E-state index contributed by atoms with van der Waals surface area (Å²) in [5, 5.41) is 3.16. The van der Waals surface area contributed by atoms with E-state index in [-0.39, 0.29) is 6.04 Å². The molecule has 0 spiro atoms. The Balaban J connectivity index is 1.92. The Labute approximate surface area is 103 Å². The smallest absolute Gasteiger partial charge is 0.115 e. The van der Waals surface area contributed by atoms with Gasteiger partial charge < -0.3 is 5.73 Å². The number of nitrogens with two attached hydrogens (primary N) is 1. The van der Waals surface area contributed by atoms with Crippen molar-refractivity contribution in [3.8, 4) is 0 Å². The van der Waals surface area contributed by atoms with Gasteiger partial charge in [0.15, 0.2) is 0 Å². The number of thiazole rings is 1. The normalized spacial score (nSPS) is 17.1. The van der Waals surface area contributed by atoms with E-state index in [0.29, 0.717) is 0 Å². The molecule has 2 aromatic rings. The van der Waals surface area contributed by atoms with Crippen molar-refractivity contribution in [2.75, 3.05) is 0 Å². The quantitative estimate of drug-likeness (QED) is 0.889. The van der Waals surface area contributed by atoms with Gasteiger partial charge in [-0.15, -0.1) is 22.7 Å². The molecule has 2 nitrogen and oxygen atoms in total. The molecule has 0 fully saturated rings. The largest absolute Gasteiger partial charge is 0.318 e. The fraction of sp³-hybridized carbons (Fsp3) is 0.417. The Bertz CT molecular complexity index is 450. The summed E-state index contributed by atoms with van der Waals surface area (Å²) in [5.41, 5.74) is 7.54. The Morgan fingerprint density at radius 2 is 2.19 bits per heavy atom. The van der Waals surface area contributed by atoms with E-state index in [1.54, 1.807) is 11.3 Å². The molecule has 0 aliphatic heterocycles. The number of fused-ring (bicyclic) bond motifs is 1. The molecule has 1 unspecified atom stereocenters. The third-order valence-electron chi connectivity index (χ3n) is 2.98. The van der Waals surface area contributed by atoms with Crippen LogP contribution in [0, 0.1) is 0 Å². The topological polar surface area (TPSA) is 38.9 Å². The molecule has 0 saturated carbocycles. The lowest BCUT2D eigenvalue weighted by Crippen LogP contribution is -2.09. The SMILES string of the molecule is NC(c1cccs1)c1nc2c(s1)CCCC2. The van der Waals surface area contributed by atoms with E-state index in [0.717, 1.165) is 11.4 Å². The van der Waals surface area contributed by atoms with Crippen LogP contribution in [0.5, 0.6) is 0 Å². The van der Waals surface area contributed by atoms with Crippen molar-refractivity contribution in [2.45, 2.75) is 31.7 Å². The molecule has 84 valence electrons. The van der Waals surface area contributed by atoms with Crippen LogP contribution >= 0.6 is 22.7 Å². The summed E-state index contributed by atoms with van der Waals surface area (Å²) in [6.07, 6.45) is 4.93. The van der Waals surface area contributed by atoms with Gasteiger partial charge >= 0.3 is 0 Å². The fourth-order valence-electron chi connectivity index (χ4n) is 2.09. The van der Waals surface area contributed by atoms with Gasteiger partial charge in [-0.05, 0) is 37.1 Å². The van der Waals surface area contributed by atoms with Gasteiger partial charge in [0.1, 0.15) is 5.01 Å². The summed E-state index contributed by atoms with van der Waals surface area (Å²) < 4.78 is 0. The molecule has 0 radical (unpaired) electrons. The lowest BCUT2D eigenvalue weighted by molar-refractivity contribution is 0.679. The number of aromatic nitrogens is 1. The van der Waals surface area contributed by atoms with Gasteiger partial charge in [-0.1, -0.05) is 6.07 Å². The van der Waals surface area contributed by atoms with Crippen LogP contribution < -0.4 is 5.73 Å². The summed E-state index contributed by atoms with van der Waals surface area (Å²) in [6.45, 7) is 0. The molecule has 16 heavy (non-hydrogen) atoms. The molecule has 0 aromatic carbocycles. The number of rotatable bonds is 2. The Morgan fingerprint density at radius 1 is 1.31 bits per heavy atom. The van der Waals surface area contributed by atoms with Gasteiger partial charge in [-0.2, -0.15) is 0 Å². The van der Waals surface area contributed by atoms with E-state index >= 15 is 0 Å². The van der Waals surface area contributed by atoms with Crippen LogP contribution in [0.3, 0.4) is 0 Å². The van der Waals surface area contributed by atoms with Crippen molar-refractivity contribution >= 4 is 22.7 Å². The minimum atomic E-state index is -0.0180. The molecule has 0 amide bonds. The number of hydrogen-bond acceptors (Lipinski definition) is 4. The average molecular weight is 250 g/mol. The predicted octanol–water partition coefficient (Wildman–Crippen LogP) is 3.13. The third-order valence-corrected chi connectivity index (χ3v) is 5.17. The zero-order chi connectivity index (χ0) is 11.0. The zero-order valence-corrected chi connectivity index (χ0v) is 10.6. The van der Waals surface area contributed by atoms with E-state index in [4.69, 9.17) is 10.7 Å². The van der Waals surface area contributed by atoms with Crippen LogP contribution in [0.15, 0.2) is 17.5 Å². The van der Waals surface area contributed by atoms with Gasteiger partial charge in [0.05, 0.1) is 11.7 Å². The highest BCUT2D eigenvalue weighted by Crippen LogP contribution is 2.32. The number of nitrogens with zero attached hydrogens (tertiary/aromatic N) is 1. The maximum absolute atomic E-state index is 6.23. The minimum Gasteiger partial charge on any atom is -0.318 e.